The van der Waals surface area contributed by atoms with Crippen molar-refractivity contribution in [2.45, 2.75) is 127 Å². The second kappa shape index (κ2) is 16.3. The number of sulfonamides is 1. The van der Waals surface area contributed by atoms with Gasteiger partial charge < -0.3 is 9.33 Å². The fourth-order valence-electron chi connectivity index (χ4n) is 8.81. The highest BCUT2D eigenvalue weighted by Gasteiger charge is 2.54. The quantitative estimate of drug-likeness (QED) is 0.119. The molecule has 0 spiro atoms. The molecule has 6 nitrogen and oxygen atoms in total. The summed E-state index contributed by atoms with van der Waals surface area (Å²) < 4.78 is 35.4. The van der Waals surface area contributed by atoms with Crippen molar-refractivity contribution < 1.29 is 17.6 Å². The van der Waals surface area contributed by atoms with Crippen molar-refractivity contribution in [1.82, 2.24) is 9.21 Å². The molecule has 4 rings (SSSR count). The van der Waals surface area contributed by atoms with Crippen molar-refractivity contribution in [2.75, 3.05) is 20.2 Å². The monoisotopic (exact) mass is 748 g/mol. The van der Waals surface area contributed by atoms with Crippen molar-refractivity contribution in [3.8, 4) is 0 Å². The maximum absolute atomic E-state index is 15.5. The molecular weight excluding hydrogens is 691 g/mol. The maximum atomic E-state index is 15.5. The van der Waals surface area contributed by atoms with Crippen LogP contribution in [0.1, 0.15) is 110 Å². The van der Waals surface area contributed by atoms with E-state index < -0.39 is 23.8 Å². The molecule has 1 amide bonds. The van der Waals surface area contributed by atoms with E-state index in [0.29, 0.717) is 71.8 Å². The van der Waals surface area contributed by atoms with E-state index >= 15 is 4.79 Å². The lowest BCUT2D eigenvalue weighted by molar-refractivity contribution is -0.157. The van der Waals surface area contributed by atoms with E-state index in [0.717, 1.165) is 11.1 Å². The highest BCUT2D eigenvalue weighted by molar-refractivity contribution is 7.90. The molecule has 2 aliphatic rings. The van der Waals surface area contributed by atoms with Crippen LogP contribution in [-0.2, 0) is 19.2 Å². The van der Waals surface area contributed by atoms with Crippen LogP contribution in [0.25, 0.3) is 0 Å². The van der Waals surface area contributed by atoms with Crippen molar-refractivity contribution in [2.24, 2.45) is 5.41 Å². The number of rotatable bonds is 17. The second-order valence-corrected chi connectivity index (χ2v) is 24.0. The Balaban J connectivity index is 1.87. The van der Waals surface area contributed by atoms with Gasteiger partial charge in [-0.05, 0) is 90.5 Å². The smallest absolute Gasteiger partial charge is 0.230 e. The van der Waals surface area contributed by atoms with Gasteiger partial charge in [-0.2, -0.15) is 0 Å². The van der Waals surface area contributed by atoms with Crippen LogP contribution in [0.15, 0.2) is 61.2 Å². The van der Waals surface area contributed by atoms with Crippen LogP contribution in [0.4, 0.5) is 0 Å². The minimum absolute atomic E-state index is 0.0317. The molecule has 10 heteroatoms. The van der Waals surface area contributed by atoms with Crippen LogP contribution in [0.3, 0.4) is 0 Å². The molecule has 2 fully saturated rings. The molecule has 0 N–H and O–H groups in total. The summed E-state index contributed by atoms with van der Waals surface area (Å²) in [5.41, 5.74) is 2.46. The van der Waals surface area contributed by atoms with Crippen LogP contribution in [0.5, 0.6) is 0 Å². The maximum Gasteiger partial charge on any atom is 0.230 e. The SMILES string of the molecule is C=CC[C@]1(CCO[Si](C(C)C)(C(C)C)C(C)C)C[C@H](c2cccc(Cl)c2)[C@@H](c2ccc(Cl)cc2)N([C@H](CC)CN(C)S(=O)(=O)C2CC2)C1=O. The predicted molar refractivity (Wildman–Crippen MR) is 207 cm³/mol. The summed E-state index contributed by atoms with van der Waals surface area (Å²) in [6.45, 7) is 20.6. The number of hydrogen-bond donors (Lipinski definition) is 0. The minimum Gasteiger partial charge on any atom is -0.416 e. The molecule has 4 atom stereocenters. The van der Waals surface area contributed by atoms with Gasteiger partial charge in [-0.1, -0.05) is 102 Å². The molecule has 1 saturated heterocycles. The Morgan fingerprint density at radius 3 is 2.12 bits per heavy atom. The zero-order valence-electron chi connectivity index (χ0n) is 30.8. The van der Waals surface area contributed by atoms with E-state index in [-0.39, 0.29) is 35.7 Å². The molecule has 2 aromatic rings. The molecule has 49 heavy (non-hydrogen) atoms. The van der Waals surface area contributed by atoms with Crippen molar-refractivity contribution in [3.63, 3.8) is 0 Å². The number of hydrogen-bond acceptors (Lipinski definition) is 4. The lowest BCUT2D eigenvalue weighted by Gasteiger charge is -2.54. The summed E-state index contributed by atoms with van der Waals surface area (Å²) in [4.78, 5) is 17.5. The first kappa shape index (κ1) is 40.1. The molecule has 272 valence electrons. The molecule has 0 aromatic heterocycles. The van der Waals surface area contributed by atoms with Gasteiger partial charge in [0.25, 0.3) is 0 Å². The van der Waals surface area contributed by atoms with E-state index in [1.54, 1.807) is 7.05 Å². The largest absolute Gasteiger partial charge is 0.416 e. The average Bonchev–Trinajstić information content (AvgIpc) is 3.90. The van der Waals surface area contributed by atoms with E-state index in [2.05, 4.69) is 54.2 Å². The van der Waals surface area contributed by atoms with Gasteiger partial charge in [0.15, 0.2) is 8.32 Å². The summed E-state index contributed by atoms with van der Waals surface area (Å²) >= 11 is 13.0. The molecule has 1 saturated carbocycles. The lowest BCUT2D eigenvalue weighted by atomic mass is 9.64. The molecule has 0 unspecified atom stereocenters. The Bertz CT molecular complexity index is 1520. The summed E-state index contributed by atoms with van der Waals surface area (Å²) in [5.74, 6) is -0.0941. The Morgan fingerprint density at radius 1 is 1.00 bits per heavy atom. The Hall–Kier alpha value is -1.68. The molecule has 1 heterocycles. The third-order valence-corrected chi connectivity index (χ3v) is 20.3. The van der Waals surface area contributed by atoms with Gasteiger partial charge in [0.2, 0.25) is 15.9 Å². The first-order valence-electron chi connectivity index (χ1n) is 18.1. The zero-order chi connectivity index (χ0) is 36.3. The topological polar surface area (TPSA) is 66.9 Å². The van der Waals surface area contributed by atoms with Gasteiger partial charge in [-0.3, -0.25) is 4.79 Å². The van der Waals surface area contributed by atoms with Gasteiger partial charge in [-0.25, -0.2) is 12.7 Å². The van der Waals surface area contributed by atoms with Crippen LogP contribution >= 0.6 is 23.2 Å². The summed E-state index contributed by atoms with van der Waals surface area (Å²) in [6.07, 6.45) is 5.45. The molecule has 1 aliphatic carbocycles. The van der Waals surface area contributed by atoms with Gasteiger partial charge in [0.1, 0.15) is 0 Å². The normalized spacial score (nSPS) is 22.8. The van der Waals surface area contributed by atoms with E-state index in [4.69, 9.17) is 27.6 Å². The van der Waals surface area contributed by atoms with Crippen LogP contribution in [0.2, 0.25) is 26.7 Å². The fourth-order valence-corrected chi connectivity index (χ4v) is 16.2. The summed E-state index contributed by atoms with van der Waals surface area (Å²) in [6, 6.07) is 15.0. The molecular formula is C39H58Cl2N2O4SSi. The second-order valence-electron chi connectivity index (χ2n) is 15.4. The predicted octanol–water partition coefficient (Wildman–Crippen LogP) is 10.4. The van der Waals surface area contributed by atoms with Crippen molar-refractivity contribution >= 4 is 47.4 Å². The van der Waals surface area contributed by atoms with E-state index in [1.165, 1.54) is 4.31 Å². The first-order valence-corrected chi connectivity index (χ1v) is 22.5. The molecule has 0 radical (unpaired) electrons. The molecule has 0 bridgehead atoms. The number of carbonyl (C=O) groups is 1. The number of amides is 1. The van der Waals surface area contributed by atoms with Gasteiger partial charge >= 0.3 is 0 Å². The highest BCUT2D eigenvalue weighted by atomic mass is 35.5. The van der Waals surface area contributed by atoms with Crippen LogP contribution in [-0.4, -0.2) is 63.3 Å². The minimum atomic E-state index is -3.45. The third kappa shape index (κ3) is 8.36. The summed E-state index contributed by atoms with van der Waals surface area (Å²) in [5, 5.41) is 0.922. The third-order valence-electron chi connectivity index (χ3n) is 11.4. The Morgan fingerprint density at radius 2 is 1.61 bits per heavy atom. The van der Waals surface area contributed by atoms with E-state index in [9.17, 15) is 8.42 Å². The van der Waals surface area contributed by atoms with Crippen molar-refractivity contribution in [1.29, 1.82) is 0 Å². The van der Waals surface area contributed by atoms with E-state index in [1.807, 2.05) is 60.4 Å². The van der Waals surface area contributed by atoms with Crippen LogP contribution < -0.4 is 0 Å². The van der Waals surface area contributed by atoms with Gasteiger partial charge in [0, 0.05) is 42.2 Å². The number of likely N-dealkylation sites (N-methyl/N-ethyl adjacent to an activating group) is 1. The Kier molecular flexibility index (Phi) is 13.4. The number of allylic oxidation sites excluding steroid dienone is 1. The number of halogens is 2. The Labute approximate surface area is 307 Å². The highest BCUT2D eigenvalue weighted by Crippen LogP contribution is 2.54. The number of likely N-dealkylation sites (tertiary alicyclic amines) is 1. The standard InChI is InChI=1S/C39H58Cl2N2O4SSi/c1-10-21-39(22-23-47-49(27(3)4,28(5)6)29(7)8)25-36(31-13-12-14-33(41)24-31)37(30-15-17-32(40)18-16-30)43(38(39)44)34(11-2)26-42(9)48(45,46)35-19-20-35/h10,12-18,24,27-29,34-37H,1,11,19-23,25-26H2,2-9H3/t34-,36-,37-,39+/m1/s1. The number of carbonyl (C=O) groups excluding carboxylic acids is 1. The summed E-state index contributed by atoms with van der Waals surface area (Å²) in [7, 11) is -3.99. The first-order chi connectivity index (χ1) is 23.0. The van der Waals surface area contributed by atoms with Gasteiger partial charge in [-0.15, -0.1) is 6.58 Å². The zero-order valence-corrected chi connectivity index (χ0v) is 34.1. The molecule has 1 aliphatic heterocycles. The lowest BCUT2D eigenvalue weighted by Crippen LogP contribution is -2.59. The number of nitrogens with zero attached hydrogens (tertiary/aromatic N) is 2. The van der Waals surface area contributed by atoms with Gasteiger partial charge in [0.05, 0.1) is 16.7 Å². The molecule has 2 aromatic carbocycles. The van der Waals surface area contributed by atoms with Crippen molar-refractivity contribution in [3.05, 3.63) is 82.4 Å². The number of piperidine rings is 1. The van der Waals surface area contributed by atoms with Crippen LogP contribution in [0, 0.1) is 5.41 Å². The number of benzene rings is 2. The fraction of sp³-hybridized carbons (Fsp3) is 0.615. The average molecular weight is 750 g/mol.